The van der Waals surface area contributed by atoms with Crippen molar-refractivity contribution in [2.24, 2.45) is 0 Å². The highest BCUT2D eigenvalue weighted by Gasteiger charge is 2.28. The van der Waals surface area contributed by atoms with Crippen LogP contribution in [0.4, 0.5) is 5.82 Å². The van der Waals surface area contributed by atoms with E-state index in [0.717, 1.165) is 19.5 Å². The molecule has 0 aliphatic carbocycles. The van der Waals surface area contributed by atoms with Gasteiger partial charge in [0.05, 0.1) is 12.4 Å². The van der Waals surface area contributed by atoms with E-state index in [1.807, 2.05) is 12.1 Å². The maximum atomic E-state index is 12.5. The van der Waals surface area contributed by atoms with Gasteiger partial charge in [0.2, 0.25) is 10.0 Å². The fraction of sp³-hybridized carbons (Fsp3) is 0.500. The third-order valence-electron chi connectivity index (χ3n) is 6.05. The largest absolute Gasteiger partial charge is 0.390 e. The first-order valence-corrected chi connectivity index (χ1v) is 12.9. The topological polar surface area (TPSA) is 128 Å². The number of aliphatic hydroxyl groups excluding tert-OH is 1. The number of sulfonamides is 1. The van der Waals surface area contributed by atoms with Crippen LogP contribution in [0.15, 0.2) is 36.7 Å². The number of carbonyl (C=O) groups excluding carboxylic acids is 1. The lowest BCUT2D eigenvalue weighted by Crippen LogP contribution is -2.42. The van der Waals surface area contributed by atoms with Gasteiger partial charge < -0.3 is 15.7 Å². The van der Waals surface area contributed by atoms with Gasteiger partial charge in [-0.25, -0.2) is 22.7 Å². The average molecular weight is 475 g/mol. The fourth-order valence-corrected chi connectivity index (χ4v) is 5.18. The van der Waals surface area contributed by atoms with Crippen molar-refractivity contribution in [3.63, 3.8) is 0 Å². The molecule has 1 aromatic carbocycles. The van der Waals surface area contributed by atoms with Gasteiger partial charge in [-0.15, -0.1) is 0 Å². The number of β-amino-alcohol motifs (C(OH)–C–C–N with tert-alkyl or cyclic N) is 1. The summed E-state index contributed by atoms with van der Waals surface area (Å²) in [5.41, 5.74) is 2.82. The molecule has 11 heteroatoms. The van der Waals surface area contributed by atoms with Gasteiger partial charge in [-0.2, -0.15) is 0 Å². The third-order valence-corrected chi connectivity index (χ3v) is 7.32. The Hall–Kier alpha value is -2.60. The van der Waals surface area contributed by atoms with Crippen LogP contribution in [0.5, 0.6) is 0 Å². The van der Waals surface area contributed by atoms with Crippen LogP contribution in [0.3, 0.4) is 0 Å². The Bertz CT molecular complexity index is 1100. The van der Waals surface area contributed by atoms with Gasteiger partial charge in [0.1, 0.15) is 17.8 Å². The summed E-state index contributed by atoms with van der Waals surface area (Å²) in [5, 5.41) is 16.3. The molecule has 178 valence electrons. The first-order valence-electron chi connectivity index (χ1n) is 11.1. The molecule has 0 bridgehead atoms. The first-order chi connectivity index (χ1) is 15.8. The van der Waals surface area contributed by atoms with Crippen molar-refractivity contribution >= 4 is 21.7 Å². The van der Waals surface area contributed by atoms with Gasteiger partial charge in [-0.1, -0.05) is 24.3 Å². The number of anilines is 1. The number of nitrogens with one attached hydrogen (secondary N) is 2. The van der Waals surface area contributed by atoms with Crippen LogP contribution >= 0.6 is 0 Å². The molecule has 1 unspecified atom stereocenters. The van der Waals surface area contributed by atoms with Crippen LogP contribution in [0.1, 0.15) is 28.0 Å². The Balaban J connectivity index is 1.25. The molecule has 1 fully saturated rings. The molecular formula is C22H30N6O4S. The Morgan fingerprint density at radius 3 is 2.79 bits per heavy atom. The highest BCUT2D eigenvalue weighted by Crippen LogP contribution is 2.19. The van der Waals surface area contributed by atoms with Crippen molar-refractivity contribution in [1.82, 2.24) is 24.5 Å². The van der Waals surface area contributed by atoms with Crippen LogP contribution in [0.2, 0.25) is 0 Å². The molecule has 0 spiro atoms. The minimum absolute atomic E-state index is 0.0815. The maximum Gasteiger partial charge on any atom is 0.270 e. The summed E-state index contributed by atoms with van der Waals surface area (Å²) in [6.07, 6.45) is 3.41. The number of carbonyl (C=O) groups is 1. The molecule has 2 atom stereocenters. The number of benzene rings is 1. The van der Waals surface area contributed by atoms with Gasteiger partial charge in [0.15, 0.2) is 0 Å². The minimum atomic E-state index is -3.22. The molecule has 0 radical (unpaired) electrons. The zero-order valence-electron chi connectivity index (χ0n) is 18.6. The Labute approximate surface area is 194 Å². The van der Waals surface area contributed by atoms with E-state index in [-0.39, 0.29) is 18.3 Å². The van der Waals surface area contributed by atoms with Crippen molar-refractivity contribution in [2.45, 2.75) is 31.5 Å². The summed E-state index contributed by atoms with van der Waals surface area (Å²) < 4.78 is 24.8. The molecule has 3 heterocycles. The van der Waals surface area contributed by atoms with Gasteiger partial charge in [0.25, 0.3) is 5.91 Å². The fourth-order valence-electron chi connectivity index (χ4n) is 4.29. The lowest BCUT2D eigenvalue weighted by Gasteiger charge is -2.30. The zero-order valence-corrected chi connectivity index (χ0v) is 19.5. The van der Waals surface area contributed by atoms with Crippen LogP contribution in [-0.2, 0) is 23.0 Å². The van der Waals surface area contributed by atoms with Crippen LogP contribution in [0.25, 0.3) is 0 Å². The highest BCUT2D eigenvalue weighted by atomic mass is 32.2. The molecule has 1 saturated heterocycles. The minimum Gasteiger partial charge on any atom is -0.390 e. The number of hydrogen-bond donors (Lipinski definition) is 3. The standard InChI is InChI=1S/C22H30N6O4S/c1-33(31,32)28-9-7-18(13-28)26-21-10-20(24-15-25-21)22(30)23-11-19(29)14-27-8-6-16-4-2-3-5-17(16)12-27/h2-5,10,15,18-19,29H,6-9,11-14H2,1H3,(H,23,30)(H,24,25,26)/t18?,19-/m0/s1. The van der Waals surface area contributed by atoms with Gasteiger partial charge >= 0.3 is 0 Å². The number of hydrogen-bond acceptors (Lipinski definition) is 8. The number of fused-ring (bicyclic) bond motifs is 1. The summed E-state index contributed by atoms with van der Waals surface area (Å²) in [6.45, 7) is 3.08. The zero-order chi connectivity index (χ0) is 23.4. The van der Waals surface area contributed by atoms with Crippen LogP contribution in [-0.4, -0.2) is 89.7 Å². The molecule has 2 aliphatic rings. The molecule has 10 nitrogen and oxygen atoms in total. The quantitative estimate of drug-likeness (QED) is 0.491. The number of rotatable bonds is 8. The highest BCUT2D eigenvalue weighted by molar-refractivity contribution is 7.88. The normalized spacial score (nSPS) is 20.2. The molecule has 0 saturated carbocycles. The van der Waals surface area contributed by atoms with Gasteiger partial charge in [-0.3, -0.25) is 9.69 Å². The van der Waals surface area contributed by atoms with Crippen LogP contribution in [0, 0.1) is 0 Å². The van der Waals surface area contributed by atoms with E-state index in [9.17, 15) is 18.3 Å². The Kier molecular flexibility index (Phi) is 7.23. The van der Waals surface area contributed by atoms with E-state index in [4.69, 9.17) is 0 Å². The summed E-state index contributed by atoms with van der Waals surface area (Å²) >= 11 is 0. The molecule has 33 heavy (non-hydrogen) atoms. The van der Waals surface area contributed by atoms with Crippen molar-refractivity contribution in [3.8, 4) is 0 Å². The van der Waals surface area contributed by atoms with Gasteiger partial charge in [0, 0.05) is 51.4 Å². The van der Waals surface area contributed by atoms with E-state index < -0.39 is 22.0 Å². The predicted octanol–water partition coefficient (Wildman–Crippen LogP) is 0.0714. The van der Waals surface area contributed by atoms with E-state index >= 15 is 0 Å². The lowest BCUT2D eigenvalue weighted by molar-refractivity contribution is 0.0838. The second kappa shape index (κ2) is 10.1. The third kappa shape index (κ3) is 6.26. The number of aromatic nitrogens is 2. The van der Waals surface area contributed by atoms with E-state index in [1.165, 1.54) is 34.1 Å². The molecule has 1 aromatic heterocycles. The molecule has 2 aliphatic heterocycles. The Morgan fingerprint density at radius 1 is 1.24 bits per heavy atom. The lowest BCUT2D eigenvalue weighted by atomic mass is 10.00. The maximum absolute atomic E-state index is 12.5. The molecule has 3 N–H and O–H groups in total. The summed E-state index contributed by atoms with van der Waals surface area (Å²) in [7, 11) is -3.22. The summed E-state index contributed by atoms with van der Waals surface area (Å²) in [4.78, 5) is 22.9. The number of amides is 1. The van der Waals surface area contributed by atoms with E-state index in [1.54, 1.807) is 0 Å². The SMILES string of the molecule is CS(=O)(=O)N1CCC(Nc2cc(C(=O)NC[C@H](O)CN3CCc4ccccc4C3)ncn2)C1. The average Bonchev–Trinajstić information content (AvgIpc) is 3.27. The molecule has 1 amide bonds. The summed E-state index contributed by atoms with van der Waals surface area (Å²) in [6, 6.07) is 9.78. The molecular weight excluding hydrogens is 444 g/mol. The number of nitrogens with zero attached hydrogens (tertiary/aromatic N) is 4. The van der Waals surface area contributed by atoms with Crippen molar-refractivity contribution in [3.05, 3.63) is 53.5 Å². The number of aliphatic hydroxyl groups is 1. The Morgan fingerprint density at radius 2 is 2.03 bits per heavy atom. The molecule has 4 rings (SSSR count). The monoisotopic (exact) mass is 474 g/mol. The second-order valence-electron chi connectivity index (χ2n) is 8.66. The first kappa shape index (κ1) is 23.6. The van der Waals surface area contributed by atoms with E-state index in [2.05, 4.69) is 37.6 Å². The van der Waals surface area contributed by atoms with Gasteiger partial charge in [-0.05, 0) is 24.0 Å². The van der Waals surface area contributed by atoms with Crippen molar-refractivity contribution < 1.29 is 18.3 Å². The van der Waals surface area contributed by atoms with E-state index in [0.29, 0.717) is 31.9 Å². The predicted molar refractivity (Wildman–Crippen MR) is 124 cm³/mol. The second-order valence-corrected chi connectivity index (χ2v) is 10.6. The van der Waals surface area contributed by atoms with Crippen LogP contribution < -0.4 is 10.6 Å². The van der Waals surface area contributed by atoms with Crippen molar-refractivity contribution in [2.75, 3.05) is 44.3 Å². The smallest absolute Gasteiger partial charge is 0.270 e. The van der Waals surface area contributed by atoms with Crippen molar-refractivity contribution in [1.29, 1.82) is 0 Å². The summed E-state index contributed by atoms with van der Waals surface area (Å²) in [5.74, 6) is 0.0655. The molecule has 2 aromatic rings.